The minimum Gasteiger partial charge on any atom is -0.449 e. The summed E-state index contributed by atoms with van der Waals surface area (Å²) in [4.78, 5) is 94.6. The number of hydrogen-bond donors (Lipinski definition) is 4. The first kappa shape index (κ1) is 42.2. The summed E-state index contributed by atoms with van der Waals surface area (Å²) in [6.45, 7) is 6.98. The van der Waals surface area contributed by atoms with Gasteiger partial charge in [0.1, 0.15) is 18.1 Å². The second-order valence-corrected chi connectivity index (χ2v) is 17.8. The van der Waals surface area contributed by atoms with E-state index >= 15 is 0 Å². The summed E-state index contributed by atoms with van der Waals surface area (Å²) in [5.74, 6) is -2.02. The molecule has 2 saturated heterocycles. The topological polar surface area (TPSA) is 180 Å². The molecule has 15 heteroatoms. The number of likely N-dealkylation sites (tertiary alicyclic amines) is 1. The van der Waals surface area contributed by atoms with E-state index in [2.05, 4.69) is 21.3 Å². The fourth-order valence-electron chi connectivity index (χ4n) is 7.08. The van der Waals surface area contributed by atoms with Gasteiger partial charge in [-0.05, 0) is 61.5 Å². The highest BCUT2D eigenvalue weighted by atomic mass is 32.2. The molecule has 1 saturated carbocycles. The number of ether oxygens (including phenoxy) is 1. The Labute approximate surface area is 321 Å². The van der Waals surface area contributed by atoms with Crippen LogP contribution in [-0.2, 0) is 33.5 Å². The molecule has 1 aliphatic carbocycles. The zero-order chi connectivity index (χ0) is 38.5. The summed E-state index contributed by atoms with van der Waals surface area (Å²) >= 11 is 3.46. The summed E-state index contributed by atoms with van der Waals surface area (Å²) in [5, 5.41) is 10.6. The molecule has 1 aromatic carbocycles. The maximum atomic E-state index is 14.5. The smallest absolute Gasteiger partial charge is 0.407 e. The average molecular weight is 774 g/mol. The van der Waals surface area contributed by atoms with E-state index in [-0.39, 0.29) is 36.6 Å². The molecule has 13 nitrogen and oxygen atoms in total. The molecule has 1 aromatic rings. The normalized spacial score (nSPS) is 20.2. The molecule has 1 spiro atoms. The van der Waals surface area contributed by atoms with Gasteiger partial charge in [-0.1, -0.05) is 76.8 Å². The van der Waals surface area contributed by atoms with Crippen molar-refractivity contribution < 1.29 is 38.3 Å². The lowest BCUT2D eigenvalue weighted by Crippen LogP contribution is -2.58. The van der Waals surface area contributed by atoms with Crippen LogP contribution >= 0.6 is 23.5 Å². The predicted molar refractivity (Wildman–Crippen MR) is 205 cm³/mol. The van der Waals surface area contributed by atoms with Crippen LogP contribution in [-0.4, -0.2) is 99.6 Å². The van der Waals surface area contributed by atoms with Crippen molar-refractivity contribution in [1.29, 1.82) is 0 Å². The Balaban J connectivity index is 1.47. The molecule has 4 rings (SSSR count). The number of hydrogen-bond acceptors (Lipinski definition) is 10. The van der Waals surface area contributed by atoms with Crippen molar-refractivity contribution in [3.63, 3.8) is 0 Å². The number of carbonyl (C=O) groups is 7. The third-order valence-corrected chi connectivity index (χ3v) is 13.1. The van der Waals surface area contributed by atoms with E-state index in [1.165, 1.54) is 6.92 Å². The molecule has 0 radical (unpaired) electrons. The number of Topliss-reactive ketones (excluding diaryl/α,β-unsaturated/α-hetero) is 2. The van der Waals surface area contributed by atoms with Gasteiger partial charge in [0.05, 0.1) is 23.3 Å². The standard InChI is InChI=1S/C38H55N5O8S2/c1-5-13-28(33(46)35(48)39-21-30(45)41-31(25(4)44)26-14-8-6-9-15-26)40-34(47)29-20-38(52-18-12-19-53-38)23-43(29)36(49)32(27-16-10-7-11-17-27)42-37(50)51-22-24(2)3/h6,8-9,14-15,24,27-29,31-32H,5,7,10-13,16-23H2,1-4H3,(H,39,48)(H,40,47)(H,41,45)(H,42,50)/t28?,29-,31?,32?/m0/s1. The summed E-state index contributed by atoms with van der Waals surface area (Å²) in [7, 11) is 0. The molecule has 0 aromatic heterocycles. The number of nitrogens with one attached hydrogen (secondary N) is 4. The van der Waals surface area contributed by atoms with Gasteiger partial charge >= 0.3 is 6.09 Å². The molecular formula is C38H55N5O8S2. The van der Waals surface area contributed by atoms with Crippen LogP contribution in [0.4, 0.5) is 4.79 Å². The lowest BCUT2D eigenvalue weighted by atomic mass is 9.83. The Kier molecular flexibility index (Phi) is 16.1. The van der Waals surface area contributed by atoms with Crippen LogP contribution in [0.25, 0.3) is 0 Å². The molecule has 2 heterocycles. The highest BCUT2D eigenvalue weighted by molar-refractivity contribution is 8.18. The fourth-order valence-corrected chi connectivity index (χ4v) is 10.4. The van der Waals surface area contributed by atoms with Crippen LogP contribution in [0.3, 0.4) is 0 Å². The van der Waals surface area contributed by atoms with Crippen molar-refractivity contribution in [2.75, 3.05) is 31.2 Å². The number of alkyl carbamates (subject to hydrolysis) is 1. The molecule has 53 heavy (non-hydrogen) atoms. The van der Waals surface area contributed by atoms with E-state index in [9.17, 15) is 33.6 Å². The second-order valence-electron chi connectivity index (χ2n) is 14.6. The first-order valence-electron chi connectivity index (χ1n) is 18.8. The number of carbonyl (C=O) groups excluding carboxylic acids is 7. The van der Waals surface area contributed by atoms with E-state index in [0.29, 0.717) is 24.9 Å². The van der Waals surface area contributed by atoms with Crippen LogP contribution in [0.1, 0.15) is 97.1 Å². The predicted octanol–water partition coefficient (Wildman–Crippen LogP) is 3.90. The molecular weight excluding hydrogens is 719 g/mol. The molecule has 4 atom stereocenters. The Morgan fingerprint density at radius 2 is 1.60 bits per heavy atom. The minimum absolute atomic E-state index is 0.108. The van der Waals surface area contributed by atoms with Gasteiger partial charge in [-0.25, -0.2) is 4.79 Å². The Morgan fingerprint density at radius 1 is 0.925 bits per heavy atom. The van der Waals surface area contributed by atoms with E-state index in [1.807, 2.05) is 20.8 Å². The van der Waals surface area contributed by atoms with Gasteiger partial charge in [0.15, 0.2) is 5.78 Å². The van der Waals surface area contributed by atoms with E-state index in [4.69, 9.17) is 4.74 Å². The fraction of sp³-hybridized carbons (Fsp3) is 0.658. The largest absolute Gasteiger partial charge is 0.449 e. The van der Waals surface area contributed by atoms with Gasteiger partial charge < -0.3 is 30.9 Å². The number of rotatable bonds is 16. The molecule has 2 aliphatic heterocycles. The maximum Gasteiger partial charge on any atom is 0.407 e. The monoisotopic (exact) mass is 773 g/mol. The molecule has 3 unspecified atom stereocenters. The number of thioether (sulfide) groups is 2. The zero-order valence-electron chi connectivity index (χ0n) is 31.3. The highest BCUT2D eigenvalue weighted by Crippen LogP contribution is 2.50. The summed E-state index contributed by atoms with van der Waals surface area (Å²) in [5.41, 5.74) is 0.583. The molecule has 3 aliphatic rings. The molecule has 5 amide bonds. The van der Waals surface area contributed by atoms with E-state index in [1.54, 1.807) is 58.8 Å². The Morgan fingerprint density at radius 3 is 2.23 bits per heavy atom. The van der Waals surface area contributed by atoms with E-state index in [0.717, 1.165) is 50.0 Å². The lowest BCUT2D eigenvalue weighted by Gasteiger charge is -2.35. The van der Waals surface area contributed by atoms with Crippen LogP contribution in [0.5, 0.6) is 0 Å². The first-order chi connectivity index (χ1) is 25.3. The molecule has 292 valence electrons. The van der Waals surface area contributed by atoms with Crippen LogP contribution in [0.2, 0.25) is 0 Å². The Hall–Kier alpha value is -3.59. The van der Waals surface area contributed by atoms with Crippen molar-refractivity contribution in [2.24, 2.45) is 11.8 Å². The quantitative estimate of drug-likeness (QED) is 0.180. The summed E-state index contributed by atoms with van der Waals surface area (Å²) in [6, 6.07) is 4.77. The van der Waals surface area contributed by atoms with Gasteiger partial charge in [0, 0.05) is 13.0 Å². The molecule has 3 fully saturated rings. The SMILES string of the molecule is CCCC(NC(=O)[C@@H]1CC2(CN1C(=O)C(NC(=O)OCC(C)C)C1CCCCC1)SCCCS2)C(=O)C(=O)NCC(=O)NC(C(C)=O)c1ccccc1. The third kappa shape index (κ3) is 12.0. The molecule has 4 N–H and O–H groups in total. The maximum absolute atomic E-state index is 14.5. The van der Waals surface area contributed by atoms with Gasteiger partial charge in [-0.3, -0.25) is 28.8 Å². The lowest BCUT2D eigenvalue weighted by molar-refractivity contribution is -0.143. The average Bonchev–Trinajstić information content (AvgIpc) is 3.52. The molecule has 0 bridgehead atoms. The van der Waals surface area contributed by atoms with Crippen molar-refractivity contribution in [1.82, 2.24) is 26.2 Å². The van der Waals surface area contributed by atoms with Crippen LogP contribution in [0.15, 0.2) is 30.3 Å². The number of benzene rings is 1. The van der Waals surface area contributed by atoms with Crippen LogP contribution < -0.4 is 21.3 Å². The second kappa shape index (κ2) is 20.2. The third-order valence-electron chi connectivity index (χ3n) is 9.79. The highest BCUT2D eigenvalue weighted by Gasteiger charge is 2.52. The van der Waals surface area contributed by atoms with Crippen LogP contribution in [0, 0.1) is 11.8 Å². The zero-order valence-corrected chi connectivity index (χ0v) is 32.9. The van der Waals surface area contributed by atoms with Crippen molar-refractivity contribution in [3.05, 3.63) is 35.9 Å². The Bertz CT molecular complexity index is 1470. The van der Waals surface area contributed by atoms with Gasteiger partial charge in [-0.15, -0.1) is 23.5 Å². The summed E-state index contributed by atoms with van der Waals surface area (Å²) < 4.78 is 4.99. The van der Waals surface area contributed by atoms with Gasteiger partial charge in [0.2, 0.25) is 23.5 Å². The summed E-state index contributed by atoms with van der Waals surface area (Å²) in [6.07, 6.45) is 5.79. The van der Waals surface area contributed by atoms with Crippen molar-refractivity contribution in [3.8, 4) is 0 Å². The first-order valence-corrected chi connectivity index (χ1v) is 20.8. The van der Waals surface area contributed by atoms with Crippen molar-refractivity contribution in [2.45, 2.75) is 114 Å². The van der Waals surface area contributed by atoms with Gasteiger partial charge in [0.25, 0.3) is 5.91 Å². The number of nitrogens with zero attached hydrogens (tertiary/aromatic N) is 1. The van der Waals surface area contributed by atoms with Gasteiger partial charge in [-0.2, -0.15) is 0 Å². The minimum atomic E-state index is -1.19. The van der Waals surface area contributed by atoms with E-state index < -0.39 is 64.4 Å². The number of ketones is 2. The number of amides is 5. The van der Waals surface area contributed by atoms with Crippen molar-refractivity contribution >= 4 is 64.8 Å².